The number of aromatic nitrogens is 3. The quantitative estimate of drug-likeness (QED) is 0.523. The smallest absolute Gasteiger partial charge is 0.221 e. The van der Waals surface area contributed by atoms with E-state index in [0.717, 1.165) is 0 Å². The van der Waals surface area contributed by atoms with E-state index in [4.69, 9.17) is 11.5 Å². The van der Waals surface area contributed by atoms with Crippen LogP contribution in [0.1, 0.15) is 0 Å². The van der Waals surface area contributed by atoms with Crippen molar-refractivity contribution < 1.29 is 0 Å². The lowest BCUT2D eigenvalue weighted by atomic mass is 10.6. The number of hydrogen-bond donors (Lipinski definition) is 2. The van der Waals surface area contributed by atoms with Crippen LogP contribution in [0.25, 0.3) is 0 Å². The number of nitrogens with two attached hydrogens (primary N) is 2. The molecule has 0 aliphatic carbocycles. The highest BCUT2D eigenvalue weighted by molar-refractivity contribution is 5.12. The lowest BCUT2D eigenvalue weighted by Crippen LogP contribution is -2.11. The zero-order valence-corrected chi connectivity index (χ0v) is 4.99. The topological polar surface area (TPSA) is 82.8 Å². The van der Waals surface area contributed by atoms with Crippen LogP contribution >= 0.6 is 0 Å². The molecule has 5 heteroatoms. The van der Waals surface area contributed by atoms with Gasteiger partial charge in [0.2, 0.25) is 5.95 Å². The molecule has 0 atom stereocenters. The lowest BCUT2D eigenvalue weighted by molar-refractivity contribution is 0.715. The lowest BCUT2D eigenvalue weighted by Gasteiger charge is -1.96. The maximum atomic E-state index is 5.36. The number of hydrogen-bond acceptors (Lipinski definition) is 4. The van der Waals surface area contributed by atoms with Gasteiger partial charge in [0, 0.05) is 13.1 Å². The summed E-state index contributed by atoms with van der Waals surface area (Å²) in [5, 5.41) is 7.14. The Labute approximate surface area is 52.7 Å². The molecule has 4 N–H and O–H groups in total. The van der Waals surface area contributed by atoms with Crippen molar-refractivity contribution in [2.45, 2.75) is 6.54 Å². The van der Waals surface area contributed by atoms with Crippen LogP contribution in [0, 0.1) is 0 Å². The molecule has 1 aromatic heterocycles. The first-order valence-electron chi connectivity index (χ1n) is 2.68. The monoisotopic (exact) mass is 127 g/mol. The molecule has 0 saturated heterocycles. The molecular formula is C4H9N5. The summed E-state index contributed by atoms with van der Waals surface area (Å²) < 4.78 is 1.69. The summed E-state index contributed by atoms with van der Waals surface area (Å²) in [6.07, 6.45) is 1.56. The number of nitrogens with zero attached hydrogens (tertiary/aromatic N) is 3. The van der Waals surface area contributed by atoms with E-state index >= 15 is 0 Å². The van der Waals surface area contributed by atoms with Crippen molar-refractivity contribution in [1.29, 1.82) is 0 Å². The molecule has 0 bridgehead atoms. The fourth-order valence-corrected chi connectivity index (χ4v) is 0.575. The molecule has 0 radical (unpaired) electrons. The van der Waals surface area contributed by atoms with E-state index in [9.17, 15) is 0 Å². The first-order chi connectivity index (χ1) is 4.34. The Hall–Kier alpha value is -1.10. The molecule has 0 aromatic carbocycles. The van der Waals surface area contributed by atoms with Crippen molar-refractivity contribution in [3.63, 3.8) is 0 Å². The highest BCUT2D eigenvalue weighted by atomic mass is 15.3. The van der Waals surface area contributed by atoms with Gasteiger partial charge in [-0.2, -0.15) is 0 Å². The van der Waals surface area contributed by atoms with Gasteiger partial charge in [-0.15, -0.1) is 10.2 Å². The maximum Gasteiger partial charge on any atom is 0.221 e. The third-order valence-electron chi connectivity index (χ3n) is 1.02. The SMILES string of the molecule is NCCn1cnnc1N. The van der Waals surface area contributed by atoms with E-state index in [1.807, 2.05) is 0 Å². The molecule has 9 heavy (non-hydrogen) atoms. The van der Waals surface area contributed by atoms with Gasteiger partial charge in [0.15, 0.2) is 0 Å². The highest BCUT2D eigenvalue weighted by Gasteiger charge is 1.94. The molecular weight excluding hydrogens is 118 g/mol. The van der Waals surface area contributed by atoms with Crippen LogP contribution in [0.15, 0.2) is 6.33 Å². The number of anilines is 1. The van der Waals surface area contributed by atoms with E-state index in [0.29, 0.717) is 19.0 Å². The minimum absolute atomic E-state index is 0.417. The van der Waals surface area contributed by atoms with Crippen LogP contribution in [0.3, 0.4) is 0 Å². The average Bonchev–Trinajstić information content (AvgIpc) is 2.18. The molecule has 0 aliphatic rings. The Bertz CT molecular complexity index is 181. The van der Waals surface area contributed by atoms with Gasteiger partial charge in [0.1, 0.15) is 6.33 Å². The Morgan fingerprint density at radius 3 is 2.89 bits per heavy atom. The van der Waals surface area contributed by atoms with E-state index in [1.54, 1.807) is 10.9 Å². The molecule has 0 aliphatic heterocycles. The van der Waals surface area contributed by atoms with Crippen LogP contribution in [-0.4, -0.2) is 21.3 Å². The molecule has 0 saturated carbocycles. The van der Waals surface area contributed by atoms with E-state index < -0.39 is 0 Å². The van der Waals surface area contributed by atoms with Crippen LogP contribution < -0.4 is 11.5 Å². The fraction of sp³-hybridized carbons (Fsp3) is 0.500. The second-order valence-electron chi connectivity index (χ2n) is 1.67. The zero-order valence-electron chi connectivity index (χ0n) is 4.99. The number of rotatable bonds is 2. The Morgan fingerprint density at radius 2 is 2.44 bits per heavy atom. The van der Waals surface area contributed by atoms with Crippen LogP contribution in [0.4, 0.5) is 5.95 Å². The number of nitrogen functional groups attached to an aromatic ring is 1. The summed E-state index contributed by atoms with van der Waals surface area (Å²) in [6, 6.07) is 0. The third kappa shape index (κ3) is 1.17. The van der Waals surface area contributed by atoms with E-state index in [-0.39, 0.29) is 0 Å². The first-order valence-corrected chi connectivity index (χ1v) is 2.68. The molecule has 5 nitrogen and oxygen atoms in total. The van der Waals surface area contributed by atoms with Gasteiger partial charge in [-0.3, -0.25) is 4.57 Å². The second-order valence-corrected chi connectivity index (χ2v) is 1.67. The van der Waals surface area contributed by atoms with Gasteiger partial charge in [-0.25, -0.2) is 0 Å². The minimum Gasteiger partial charge on any atom is -0.368 e. The largest absolute Gasteiger partial charge is 0.368 e. The Morgan fingerprint density at radius 1 is 1.67 bits per heavy atom. The molecule has 50 valence electrons. The van der Waals surface area contributed by atoms with Crippen molar-refractivity contribution in [3.05, 3.63) is 6.33 Å². The molecule has 0 spiro atoms. The van der Waals surface area contributed by atoms with Gasteiger partial charge in [-0.05, 0) is 0 Å². The maximum absolute atomic E-state index is 5.36. The minimum atomic E-state index is 0.417. The Balaban J connectivity index is 2.69. The molecule has 0 unspecified atom stereocenters. The van der Waals surface area contributed by atoms with E-state index in [2.05, 4.69) is 10.2 Å². The zero-order chi connectivity index (χ0) is 6.69. The standard InChI is InChI=1S/C4H9N5/c5-1-2-9-3-7-8-4(9)6/h3H,1-2,5H2,(H2,6,8). The van der Waals surface area contributed by atoms with Gasteiger partial charge in [0.25, 0.3) is 0 Å². The molecule has 0 amide bonds. The first kappa shape index (κ1) is 6.03. The summed E-state index contributed by atoms with van der Waals surface area (Å²) in [5.74, 6) is 0.417. The Kier molecular flexibility index (Phi) is 1.64. The summed E-state index contributed by atoms with van der Waals surface area (Å²) in [6.45, 7) is 1.24. The van der Waals surface area contributed by atoms with Crippen molar-refractivity contribution >= 4 is 5.95 Å². The molecule has 1 aromatic rings. The normalized spacial score (nSPS) is 9.89. The second kappa shape index (κ2) is 2.45. The molecule has 1 heterocycles. The highest BCUT2D eigenvalue weighted by Crippen LogP contribution is 1.92. The summed E-state index contributed by atoms with van der Waals surface area (Å²) in [5.41, 5.74) is 10.6. The predicted octanol–water partition coefficient (Wildman–Crippen LogP) is -1.18. The van der Waals surface area contributed by atoms with Crippen LogP contribution in [0.5, 0.6) is 0 Å². The van der Waals surface area contributed by atoms with Crippen molar-refractivity contribution in [2.75, 3.05) is 12.3 Å². The third-order valence-corrected chi connectivity index (χ3v) is 1.02. The molecule has 0 fully saturated rings. The van der Waals surface area contributed by atoms with Crippen molar-refractivity contribution in [3.8, 4) is 0 Å². The fourth-order valence-electron chi connectivity index (χ4n) is 0.575. The summed E-state index contributed by atoms with van der Waals surface area (Å²) in [4.78, 5) is 0. The van der Waals surface area contributed by atoms with Crippen LogP contribution in [-0.2, 0) is 6.54 Å². The van der Waals surface area contributed by atoms with Gasteiger partial charge in [0.05, 0.1) is 0 Å². The van der Waals surface area contributed by atoms with Crippen LogP contribution in [0.2, 0.25) is 0 Å². The van der Waals surface area contributed by atoms with E-state index in [1.165, 1.54) is 0 Å². The average molecular weight is 127 g/mol. The van der Waals surface area contributed by atoms with Gasteiger partial charge in [-0.1, -0.05) is 0 Å². The van der Waals surface area contributed by atoms with Gasteiger partial charge >= 0.3 is 0 Å². The summed E-state index contributed by atoms with van der Waals surface area (Å²) >= 11 is 0. The predicted molar refractivity (Wildman–Crippen MR) is 33.5 cm³/mol. The summed E-state index contributed by atoms with van der Waals surface area (Å²) in [7, 11) is 0. The van der Waals surface area contributed by atoms with Gasteiger partial charge < -0.3 is 11.5 Å². The molecule has 1 rings (SSSR count). The van der Waals surface area contributed by atoms with Crippen molar-refractivity contribution in [1.82, 2.24) is 14.8 Å². The van der Waals surface area contributed by atoms with Crippen molar-refractivity contribution in [2.24, 2.45) is 5.73 Å².